The van der Waals surface area contributed by atoms with E-state index in [2.05, 4.69) is 49.4 Å². The first-order valence-corrected chi connectivity index (χ1v) is 9.62. The van der Waals surface area contributed by atoms with Gasteiger partial charge in [-0.25, -0.2) is 0 Å². The minimum absolute atomic E-state index is 0.393. The van der Waals surface area contributed by atoms with E-state index in [1.165, 1.54) is 0 Å². The molecular weight excluding hydrogens is 538 g/mol. The lowest BCUT2D eigenvalue weighted by Crippen LogP contribution is -2.47. The highest BCUT2D eigenvalue weighted by Gasteiger charge is 2.17. The van der Waals surface area contributed by atoms with Gasteiger partial charge < -0.3 is 9.47 Å². The Hall–Kier alpha value is -1.52. The van der Waals surface area contributed by atoms with Crippen molar-refractivity contribution in [2.75, 3.05) is 7.11 Å². The Balaban J connectivity index is 1.92. The van der Waals surface area contributed by atoms with Gasteiger partial charge in [-0.3, -0.25) is 20.4 Å². The molecule has 9 heteroatoms. The van der Waals surface area contributed by atoms with E-state index in [4.69, 9.17) is 21.1 Å². The zero-order chi connectivity index (χ0) is 19.3. The van der Waals surface area contributed by atoms with Gasteiger partial charge in [-0.15, -0.1) is 0 Å². The molecule has 2 aromatic carbocycles. The normalized spacial score (nSPS) is 11.4. The largest absolute Gasteiger partial charge is 0.496 e. The second kappa shape index (κ2) is 9.43. The van der Waals surface area contributed by atoms with Crippen molar-refractivity contribution >= 4 is 61.9 Å². The molecule has 0 aliphatic carbocycles. The maximum atomic E-state index is 12.1. The number of halogens is 3. The molecule has 1 atom stereocenters. The van der Waals surface area contributed by atoms with Gasteiger partial charge in [0.2, 0.25) is 0 Å². The molecule has 0 saturated heterocycles. The van der Waals surface area contributed by atoms with Crippen molar-refractivity contribution in [2.24, 2.45) is 0 Å². The predicted molar refractivity (Wildman–Crippen MR) is 111 cm³/mol. The van der Waals surface area contributed by atoms with Crippen LogP contribution in [-0.2, 0) is 4.79 Å². The highest BCUT2D eigenvalue weighted by Crippen LogP contribution is 2.28. The molecule has 2 rings (SSSR count). The number of nitrogens with one attached hydrogen (secondary N) is 2. The lowest BCUT2D eigenvalue weighted by molar-refractivity contribution is -0.128. The van der Waals surface area contributed by atoms with Crippen molar-refractivity contribution in [2.45, 2.75) is 13.0 Å². The average Bonchev–Trinajstić information content (AvgIpc) is 2.61. The summed E-state index contributed by atoms with van der Waals surface area (Å²) in [6.45, 7) is 1.57. The van der Waals surface area contributed by atoms with E-state index in [1.807, 2.05) is 0 Å². The minimum atomic E-state index is -0.830. The van der Waals surface area contributed by atoms with Crippen LogP contribution >= 0.6 is 50.1 Å². The highest BCUT2D eigenvalue weighted by atomic mass is 127. The van der Waals surface area contributed by atoms with E-state index in [1.54, 1.807) is 50.4 Å². The molecule has 26 heavy (non-hydrogen) atoms. The molecule has 0 radical (unpaired) electrons. The fourth-order valence-corrected chi connectivity index (χ4v) is 3.43. The lowest BCUT2D eigenvalue weighted by Gasteiger charge is -2.16. The molecule has 138 valence electrons. The molecule has 2 N–H and O–H groups in total. The number of hydrazine groups is 1. The van der Waals surface area contributed by atoms with Gasteiger partial charge in [-0.1, -0.05) is 11.6 Å². The summed E-state index contributed by atoms with van der Waals surface area (Å²) in [7, 11) is 1.55. The van der Waals surface area contributed by atoms with E-state index in [0.717, 1.165) is 3.57 Å². The third-order valence-corrected chi connectivity index (χ3v) is 4.98. The lowest BCUT2D eigenvalue weighted by atomic mass is 10.2. The number of carbonyl (C=O) groups is 2. The van der Waals surface area contributed by atoms with Gasteiger partial charge in [0, 0.05) is 10.6 Å². The first kappa shape index (κ1) is 20.8. The van der Waals surface area contributed by atoms with Crippen LogP contribution in [0, 0.1) is 3.57 Å². The molecule has 2 aromatic rings. The zero-order valence-electron chi connectivity index (χ0n) is 13.8. The van der Waals surface area contributed by atoms with Crippen LogP contribution in [0.3, 0.4) is 0 Å². The number of rotatable bonds is 5. The Labute approximate surface area is 177 Å². The SMILES string of the molecule is COc1ccc(C(=O)NNC(=O)C(C)Oc2ccc(Cl)cc2Br)cc1I. The van der Waals surface area contributed by atoms with E-state index in [9.17, 15) is 9.59 Å². The quantitative estimate of drug-likeness (QED) is 0.435. The first-order chi connectivity index (χ1) is 12.3. The predicted octanol–water partition coefficient (Wildman–Crippen LogP) is 3.94. The molecule has 0 aliphatic heterocycles. The van der Waals surface area contributed by atoms with Crippen LogP contribution in [-0.4, -0.2) is 25.0 Å². The number of ether oxygens (including phenoxy) is 2. The van der Waals surface area contributed by atoms with Gasteiger partial charge in [0.1, 0.15) is 11.5 Å². The van der Waals surface area contributed by atoms with Crippen LogP contribution in [0.4, 0.5) is 0 Å². The van der Waals surface area contributed by atoms with Crippen molar-refractivity contribution in [3.05, 3.63) is 55.0 Å². The molecule has 2 amide bonds. The summed E-state index contributed by atoms with van der Waals surface area (Å²) in [5, 5.41) is 0.544. The zero-order valence-corrected chi connectivity index (χ0v) is 18.3. The molecule has 0 bridgehead atoms. The number of carbonyl (C=O) groups excluding carboxylic acids is 2. The van der Waals surface area contributed by atoms with Crippen LogP contribution in [0.1, 0.15) is 17.3 Å². The minimum Gasteiger partial charge on any atom is -0.496 e. The smallest absolute Gasteiger partial charge is 0.279 e. The van der Waals surface area contributed by atoms with Crippen molar-refractivity contribution in [1.82, 2.24) is 10.9 Å². The Kier molecular flexibility index (Phi) is 7.54. The standard InChI is InChI=1S/C17H15BrClIN2O4/c1-9(26-14-6-4-11(19)8-12(14)18)16(23)21-22-17(24)10-3-5-15(25-2)13(20)7-10/h3-9H,1-2H3,(H,21,23)(H,22,24). The number of hydrogen-bond donors (Lipinski definition) is 2. The summed E-state index contributed by atoms with van der Waals surface area (Å²) in [5.74, 6) is 0.192. The fourth-order valence-electron chi connectivity index (χ4n) is 1.91. The summed E-state index contributed by atoms with van der Waals surface area (Å²) in [6, 6.07) is 9.91. The van der Waals surface area contributed by atoms with Gasteiger partial charge >= 0.3 is 0 Å². The van der Waals surface area contributed by atoms with Gasteiger partial charge in [0.15, 0.2) is 6.10 Å². The van der Waals surface area contributed by atoms with Gasteiger partial charge in [0.25, 0.3) is 11.8 Å². The Morgan fingerprint density at radius 1 is 1.15 bits per heavy atom. The van der Waals surface area contributed by atoms with E-state index >= 15 is 0 Å². The number of hydrogen-bond acceptors (Lipinski definition) is 4. The second-order valence-electron chi connectivity index (χ2n) is 5.13. The molecule has 0 aliphatic rings. The van der Waals surface area contributed by atoms with Crippen LogP contribution in [0.25, 0.3) is 0 Å². The third kappa shape index (κ3) is 5.49. The highest BCUT2D eigenvalue weighted by molar-refractivity contribution is 14.1. The van der Waals surface area contributed by atoms with Gasteiger partial charge in [0.05, 0.1) is 15.2 Å². The van der Waals surface area contributed by atoms with Crippen LogP contribution in [0.5, 0.6) is 11.5 Å². The molecule has 0 spiro atoms. The van der Waals surface area contributed by atoms with Crippen molar-refractivity contribution in [1.29, 1.82) is 0 Å². The summed E-state index contributed by atoms with van der Waals surface area (Å²) in [4.78, 5) is 24.3. The first-order valence-electron chi connectivity index (χ1n) is 7.37. The molecule has 0 fully saturated rings. The molecular formula is C17H15BrClIN2O4. The Bertz CT molecular complexity index is 834. The van der Waals surface area contributed by atoms with Crippen LogP contribution in [0.2, 0.25) is 5.02 Å². The Morgan fingerprint density at radius 3 is 2.46 bits per heavy atom. The summed E-state index contributed by atoms with van der Waals surface area (Å²) < 4.78 is 12.1. The van der Waals surface area contributed by atoms with E-state index in [0.29, 0.717) is 26.6 Å². The van der Waals surface area contributed by atoms with Gasteiger partial charge in [-0.2, -0.15) is 0 Å². The number of methoxy groups -OCH3 is 1. The van der Waals surface area contributed by atoms with Crippen molar-refractivity contribution in [3.8, 4) is 11.5 Å². The molecule has 0 heterocycles. The molecule has 0 aromatic heterocycles. The average molecular weight is 554 g/mol. The molecule has 1 unspecified atom stereocenters. The van der Waals surface area contributed by atoms with Crippen molar-refractivity contribution < 1.29 is 19.1 Å². The third-order valence-electron chi connectivity index (χ3n) is 3.28. The molecule has 0 saturated carbocycles. The number of benzene rings is 2. The maximum absolute atomic E-state index is 12.1. The van der Waals surface area contributed by atoms with Crippen molar-refractivity contribution in [3.63, 3.8) is 0 Å². The maximum Gasteiger partial charge on any atom is 0.279 e. The summed E-state index contributed by atoms with van der Waals surface area (Å²) in [5.41, 5.74) is 5.09. The Morgan fingerprint density at radius 2 is 1.85 bits per heavy atom. The van der Waals surface area contributed by atoms with Gasteiger partial charge in [-0.05, 0) is 81.8 Å². The van der Waals surface area contributed by atoms with E-state index < -0.39 is 17.9 Å². The monoisotopic (exact) mass is 552 g/mol. The fraction of sp³-hybridized carbons (Fsp3) is 0.176. The summed E-state index contributed by atoms with van der Waals surface area (Å²) >= 11 is 11.2. The second-order valence-corrected chi connectivity index (χ2v) is 7.58. The summed E-state index contributed by atoms with van der Waals surface area (Å²) in [6.07, 6.45) is -0.830. The molecule has 6 nitrogen and oxygen atoms in total. The van der Waals surface area contributed by atoms with E-state index in [-0.39, 0.29) is 0 Å². The van der Waals surface area contributed by atoms with Crippen LogP contribution in [0.15, 0.2) is 40.9 Å². The topological polar surface area (TPSA) is 76.7 Å². The van der Waals surface area contributed by atoms with Crippen LogP contribution < -0.4 is 20.3 Å². The number of amides is 2.